The fraction of sp³-hybridized carbons (Fsp3) is 0.100. The number of Topliss-reactive ketones (excluding diaryl/α,β-unsaturated/α-hetero) is 1. The number of ketones is 1. The van der Waals surface area contributed by atoms with E-state index in [-0.39, 0.29) is 16.9 Å². The van der Waals surface area contributed by atoms with Gasteiger partial charge in [0.25, 0.3) is 10.1 Å². The molecule has 0 aliphatic carbocycles. The molecule has 0 bridgehead atoms. The number of thiazole rings is 2. The van der Waals surface area contributed by atoms with E-state index in [0.717, 1.165) is 38.5 Å². The second kappa shape index (κ2) is 10.4. The van der Waals surface area contributed by atoms with Crippen LogP contribution in [-0.2, 0) is 22.7 Å². The summed E-state index contributed by atoms with van der Waals surface area (Å²) in [6, 6.07) is 20.5. The van der Waals surface area contributed by atoms with Crippen molar-refractivity contribution >= 4 is 59.0 Å². The summed E-state index contributed by atoms with van der Waals surface area (Å²) in [7, 11) is -4.42. The van der Waals surface area contributed by atoms with Crippen LogP contribution in [0.1, 0.15) is 27.0 Å². The third-order valence-corrected chi connectivity index (χ3v) is 10.1. The van der Waals surface area contributed by atoms with Gasteiger partial charge in [-0.2, -0.15) is 21.6 Å². The molecule has 0 unspecified atom stereocenters. The zero-order valence-corrected chi connectivity index (χ0v) is 24.1. The van der Waals surface area contributed by atoms with Crippen LogP contribution in [0.4, 0.5) is 13.2 Å². The molecule has 1 N–H and O–H groups in total. The molecule has 0 saturated carbocycles. The summed E-state index contributed by atoms with van der Waals surface area (Å²) >= 11 is 2.64. The Balaban J connectivity index is 1.25. The van der Waals surface area contributed by atoms with Gasteiger partial charge in [-0.1, -0.05) is 42.5 Å². The number of hydrogen-bond acceptors (Lipinski definition) is 7. The van der Waals surface area contributed by atoms with Crippen LogP contribution in [0.15, 0.2) is 83.8 Å². The minimum atomic E-state index is -4.52. The Morgan fingerprint density at radius 3 is 2.24 bits per heavy atom. The molecular formula is C30H19F3N2O4S3. The number of carbonyl (C=O) groups is 1. The van der Waals surface area contributed by atoms with E-state index in [2.05, 4.69) is 4.98 Å². The maximum absolute atomic E-state index is 13.0. The first-order valence-corrected chi connectivity index (χ1v) is 15.5. The zero-order valence-electron chi connectivity index (χ0n) is 21.6. The molecule has 0 amide bonds. The maximum atomic E-state index is 13.0. The number of alkyl halides is 3. The Morgan fingerprint density at radius 1 is 0.857 bits per heavy atom. The molecule has 0 fully saturated rings. The first kappa shape index (κ1) is 28.2. The lowest BCUT2D eigenvalue weighted by molar-refractivity contribution is -0.137. The summed E-state index contributed by atoms with van der Waals surface area (Å²) in [5.74, 6) is -0.407. The largest absolute Gasteiger partial charge is 0.416 e. The van der Waals surface area contributed by atoms with Crippen LogP contribution in [0.2, 0.25) is 0 Å². The highest BCUT2D eigenvalue weighted by Crippen LogP contribution is 2.38. The first-order chi connectivity index (χ1) is 19.9. The highest BCUT2D eigenvalue weighted by Gasteiger charge is 2.31. The standard InChI is InChI=1S/C30H19F3N2O4S3/c1-16-5-11-23-26(27(16)42(37,38)39)41-29(35-23)20-10-12-22-25(15-20)40-28(34-22)18-8-6-17(7-9-18)13-24(36)19-3-2-4-21(14-19)30(31,32)33/h2-12,14-15H,13H2,1H3,(H,37,38,39). The monoisotopic (exact) mass is 624 g/mol. The molecule has 0 aliphatic rings. The fourth-order valence-corrected chi connectivity index (χ4v) is 7.93. The zero-order chi connectivity index (χ0) is 29.8. The predicted octanol–water partition coefficient (Wildman–Crippen LogP) is 8.24. The van der Waals surface area contributed by atoms with Gasteiger partial charge in [0, 0.05) is 23.1 Å². The summed E-state index contributed by atoms with van der Waals surface area (Å²) in [5, 5.41) is 1.35. The van der Waals surface area contributed by atoms with E-state index >= 15 is 0 Å². The highest BCUT2D eigenvalue weighted by atomic mass is 32.2. The number of halogens is 3. The second-order valence-electron chi connectivity index (χ2n) is 9.63. The predicted molar refractivity (Wildman–Crippen MR) is 158 cm³/mol. The average Bonchev–Trinajstić information content (AvgIpc) is 3.56. The maximum Gasteiger partial charge on any atom is 0.416 e. The van der Waals surface area contributed by atoms with E-state index in [1.54, 1.807) is 31.2 Å². The van der Waals surface area contributed by atoms with Gasteiger partial charge in [0.15, 0.2) is 5.78 Å². The third kappa shape index (κ3) is 5.45. The van der Waals surface area contributed by atoms with Gasteiger partial charge in [0.2, 0.25) is 0 Å². The van der Waals surface area contributed by atoms with Crippen molar-refractivity contribution in [1.29, 1.82) is 0 Å². The third-order valence-electron chi connectivity index (χ3n) is 6.68. The van der Waals surface area contributed by atoms with Crippen LogP contribution in [0.5, 0.6) is 0 Å². The molecule has 6 nitrogen and oxygen atoms in total. The molecular weight excluding hydrogens is 606 g/mol. The number of rotatable bonds is 6. The van der Waals surface area contributed by atoms with Gasteiger partial charge >= 0.3 is 6.18 Å². The number of carbonyl (C=O) groups excluding carboxylic acids is 1. The molecule has 2 heterocycles. The summed E-state index contributed by atoms with van der Waals surface area (Å²) < 4.78 is 74.0. The van der Waals surface area contributed by atoms with Crippen molar-refractivity contribution in [1.82, 2.24) is 9.97 Å². The van der Waals surface area contributed by atoms with E-state index in [1.807, 2.05) is 30.3 Å². The van der Waals surface area contributed by atoms with E-state index in [9.17, 15) is 30.9 Å². The van der Waals surface area contributed by atoms with Crippen LogP contribution in [0, 0.1) is 6.92 Å². The molecule has 4 aromatic carbocycles. The minimum Gasteiger partial charge on any atom is -0.294 e. The van der Waals surface area contributed by atoms with Crippen molar-refractivity contribution in [2.24, 2.45) is 0 Å². The number of fused-ring (bicyclic) bond motifs is 2. The van der Waals surface area contributed by atoms with E-state index in [1.165, 1.54) is 34.8 Å². The highest BCUT2D eigenvalue weighted by molar-refractivity contribution is 7.86. The molecule has 0 saturated heterocycles. The van der Waals surface area contributed by atoms with Crippen molar-refractivity contribution in [2.75, 3.05) is 0 Å². The minimum absolute atomic E-state index is 0.00773. The molecule has 6 rings (SSSR count). The van der Waals surface area contributed by atoms with E-state index in [0.29, 0.717) is 26.4 Å². The number of hydrogen-bond donors (Lipinski definition) is 1. The van der Waals surface area contributed by atoms with E-state index < -0.39 is 27.6 Å². The molecule has 2 aromatic heterocycles. The Labute approximate surface area is 245 Å². The Morgan fingerprint density at radius 2 is 1.52 bits per heavy atom. The van der Waals surface area contributed by atoms with Gasteiger partial charge in [0.05, 0.1) is 26.0 Å². The number of benzene rings is 4. The lowest BCUT2D eigenvalue weighted by Crippen LogP contribution is -2.09. The molecule has 212 valence electrons. The smallest absolute Gasteiger partial charge is 0.294 e. The molecule has 12 heteroatoms. The van der Waals surface area contributed by atoms with Crippen LogP contribution >= 0.6 is 22.7 Å². The van der Waals surface area contributed by atoms with Gasteiger partial charge in [-0.3, -0.25) is 9.35 Å². The van der Waals surface area contributed by atoms with Gasteiger partial charge in [0.1, 0.15) is 14.9 Å². The van der Waals surface area contributed by atoms with Crippen molar-refractivity contribution in [3.8, 4) is 21.1 Å². The van der Waals surface area contributed by atoms with Crippen LogP contribution < -0.4 is 0 Å². The normalized spacial score (nSPS) is 12.3. The van der Waals surface area contributed by atoms with Gasteiger partial charge < -0.3 is 0 Å². The Hall–Kier alpha value is -3.97. The van der Waals surface area contributed by atoms with Crippen LogP contribution in [0.3, 0.4) is 0 Å². The van der Waals surface area contributed by atoms with Gasteiger partial charge in [-0.25, -0.2) is 9.97 Å². The fourth-order valence-electron chi connectivity index (χ4n) is 4.61. The molecule has 6 aromatic rings. The van der Waals surface area contributed by atoms with Crippen LogP contribution in [0.25, 0.3) is 41.6 Å². The summed E-state index contributed by atoms with van der Waals surface area (Å²) in [4.78, 5) is 21.8. The van der Waals surface area contributed by atoms with Crippen molar-refractivity contribution in [3.05, 3.63) is 101 Å². The van der Waals surface area contributed by atoms with E-state index in [4.69, 9.17) is 4.98 Å². The van der Waals surface area contributed by atoms with Crippen molar-refractivity contribution in [3.63, 3.8) is 0 Å². The van der Waals surface area contributed by atoms with Crippen molar-refractivity contribution < 1.29 is 30.9 Å². The quantitative estimate of drug-likeness (QED) is 0.148. The SMILES string of the molecule is Cc1ccc2nc(-c3ccc4nc(-c5ccc(CC(=O)c6cccc(C(F)(F)F)c6)cc5)sc4c3)sc2c1S(=O)(=O)O. The van der Waals surface area contributed by atoms with Crippen LogP contribution in [-0.4, -0.2) is 28.7 Å². The Kier molecular flexibility index (Phi) is 6.97. The molecule has 42 heavy (non-hydrogen) atoms. The second-order valence-corrected chi connectivity index (χ2v) is 13.0. The number of aryl methyl sites for hydroxylation is 1. The summed E-state index contributed by atoms with van der Waals surface area (Å²) in [6.07, 6.45) is -4.55. The number of aromatic nitrogens is 2. The first-order valence-electron chi connectivity index (χ1n) is 12.5. The van der Waals surface area contributed by atoms with Gasteiger partial charge in [-0.15, -0.1) is 22.7 Å². The van der Waals surface area contributed by atoms with Gasteiger partial charge in [-0.05, 0) is 54.4 Å². The average molecular weight is 625 g/mol. The lowest BCUT2D eigenvalue weighted by atomic mass is 10.0. The molecule has 0 atom stereocenters. The summed E-state index contributed by atoms with van der Waals surface area (Å²) in [6.45, 7) is 1.62. The topological polar surface area (TPSA) is 97.2 Å². The number of nitrogens with zero attached hydrogens (tertiary/aromatic N) is 2. The Bertz CT molecular complexity index is 2120. The lowest BCUT2D eigenvalue weighted by Gasteiger charge is -2.08. The molecule has 0 spiro atoms. The molecule has 0 radical (unpaired) electrons. The molecule has 0 aliphatic heterocycles. The van der Waals surface area contributed by atoms with Crippen molar-refractivity contribution in [2.45, 2.75) is 24.4 Å². The summed E-state index contributed by atoms with van der Waals surface area (Å²) in [5.41, 5.74) is 3.09.